The number of hydrogen-bond acceptors (Lipinski definition) is 3. The van der Waals surface area contributed by atoms with Crippen molar-refractivity contribution in [2.45, 2.75) is 71.5 Å². The van der Waals surface area contributed by atoms with Crippen LogP contribution in [0.25, 0.3) is 0 Å². The van der Waals surface area contributed by atoms with Gasteiger partial charge in [0.25, 0.3) is 0 Å². The van der Waals surface area contributed by atoms with E-state index in [0.717, 1.165) is 18.3 Å². The molecule has 1 fully saturated rings. The van der Waals surface area contributed by atoms with Gasteiger partial charge < -0.3 is 5.32 Å². The Hall–Kier alpha value is -0.900. The van der Waals surface area contributed by atoms with Crippen molar-refractivity contribution < 1.29 is 0 Å². The first kappa shape index (κ1) is 13.5. The van der Waals surface area contributed by atoms with E-state index in [1.165, 1.54) is 25.7 Å². The molecular formula is C14H26N4. The van der Waals surface area contributed by atoms with Gasteiger partial charge in [-0.1, -0.05) is 6.92 Å². The summed E-state index contributed by atoms with van der Waals surface area (Å²) < 4.78 is 2.07. The minimum atomic E-state index is 0.117. The lowest BCUT2D eigenvalue weighted by Gasteiger charge is -2.25. The molecule has 0 aromatic carbocycles. The first-order valence-electron chi connectivity index (χ1n) is 7.09. The van der Waals surface area contributed by atoms with Gasteiger partial charge in [-0.05, 0) is 52.4 Å². The van der Waals surface area contributed by atoms with Crippen molar-refractivity contribution in [3.63, 3.8) is 0 Å². The van der Waals surface area contributed by atoms with Crippen molar-refractivity contribution in [1.29, 1.82) is 0 Å². The van der Waals surface area contributed by atoms with E-state index in [2.05, 4.69) is 47.8 Å². The van der Waals surface area contributed by atoms with Crippen LogP contribution in [0.3, 0.4) is 0 Å². The predicted molar refractivity (Wildman–Crippen MR) is 73.3 cm³/mol. The number of rotatable bonds is 3. The standard InChI is InChI=1S/C14H26N4/c1-11-5-7-12(8-6-11)18-10-15-13(17-18)9-16-14(2,3)4/h10-12,16H,5-9H2,1-4H3. The van der Waals surface area contributed by atoms with Crippen LogP contribution in [0.5, 0.6) is 0 Å². The molecule has 0 bridgehead atoms. The fourth-order valence-corrected chi connectivity index (χ4v) is 2.42. The van der Waals surface area contributed by atoms with Crippen LogP contribution in [-0.2, 0) is 6.54 Å². The smallest absolute Gasteiger partial charge is 0.164 e. The summed E-state index contributed by atoms with van der Waals surface area (Å²) in [5, 5.41) is 8.03. The van der Waals surface area contributed by atoms with E-state index in [1.807, 2.05) is 6.33 Å². The molecule has 0 spiro atoms. The zero-order valence-corrected chi connectivity index (χ0v) is 12.1. The van der Waals surface area contributed by atoms with Gasteiger partial charge >= 0.3 is 0 Å². The van der Waals surface area contributed by atoms with Gasteiger partial charge in [0.05, 0.1) is 12.6 Å². The van der Waals surface area contributed by atoms with Gasteiger partial charge in [-0.15, -0.1) is 0 Å². The molecule has 0 saturated heterocycles. The Morgan fingerprint density at radius 1 is 1.28 bits per heavy atom. The third-order valence-corrected chi connectivity index (χ3v) is 3.69. The lowest BCUT2D eigenvalue weighted by Crippen LogP contribution is -2.35. The lowest BCUT2D eigenvalue weighted by molar-refractivity contribution is 0.272. The lowest BCUT2D eigenvalue weighted by atomic mass is 9.87. The molecule has 1 N–H and O–H groups in total. The monoisotopic (exact) mass is 250 g/mol. The van der Waals surface area contributed by atoms with Crippen molar-refractivity contribution in [3.8, 4) is 0 Å². The maximum Gasteiger partial charge on any atom is 0.164 e. The minimum absolute atomic E-state index is 0.117. The minimum Gasteiger partial charge on any atom is -0.305 e. The molecule has 0 amide bonds. The summed E-state index contributed by atoms with van der Waals surface area (Å²) in [7, 11) is 0. The Balaban J connectivity index is 1.90. The summed E-state index contributed by atoms with van der Waals surface area (Å²) in [4.78, 5) is 4.40. The fraction of sp³-hybridized carbons (Fsp3) is 0.857. The van der Waals surface area contributed by atoms with E-state index >= 15 is 0 Å². The molecule has 0 aliphatic heterocycles. The largest absolute Gasteiger partial charge is 0.305 e. The van der Waals surface area contributed by atoms with Gasteiger partial charge in [-0.25, -0.2) is 9.67 Å². The van der Waals surface area contributed by atoms with Crippen LogP contribution >= 0.6 is 0 Å². The molecule has 1 aromatic heterocycles. The van der Waals surface area contributed by atoms with Gasteiger partial charge in [0.1, 0.15) is 6.33 Å². The highest BCUT2D eigenvalue weighted by Crippen LogP contribution is 2.30. The molecule has 1 heterocycles. The predicted octanol–water partition coefficient (Wildman–Crippen LogP) is 2.92. The molecule has 0 atom stereocenters. The molecule has 0 unspecified atom stereocenters. The average molecular weight is 250 g/mol. The van der Waals surface area contributed by atoms with Crippen LogP contribution in [0, 0.1) is 5.92 Å². The van der Waals surface area contributed by atoms with Gasteiger partial charge in [-0.3, -0.25) is 0 Å². The fourth-order valence-electron chi connectivity index (χ4n) is 2.42. The molecule has 1 saturated carbocycles. The molecule has 1 aliphatic carbocycles. The second kappa shape index (κ2) is 5.39. The number of aromatic nitrogens is 3. The van der Waals surface area contributed by atoms with Crippen LogP contribution in [0.15, 0.2) is 6.33 Å². The molecule has 2 rings (SSSR count). The number of nitrogens with one attached hydrogen (secondary N) is 1. The van der Waals surface area contributed by atoms with Crippen molar-refractivity contribution in [2.75, 3.05) is 0 Å². The summed E-state index contributed by atoms with van der Waals surface area (Å²) in [6.07, 6.45) is 7.04. The number of hydrogen-bond donors (Lipinski definition) is 1. The first-order chi connectivity index (χ1) is 8.44. The van der Waals surface area contributed by atoms with E-state index in [0.29, 0.717) is 6.04 Å². The van der Waals surface area contributed by atoms with Crippen LogP contribution in [0.4, 0.5) is 0 Å². The van der Waals surface area contributed by atoms with E-state index in [1.54, 1.807) is 0 Å². The Kier molecular flexibility index (Phi) is 4.05. The first-order valence-corrected chi connectivity index (χ1v) is 7.09. The quantitative estimate of drug-likeness (QED) is 0.897. The molecule has 4 nitrogen and oxygen atoms in total. The summed E-state index contributed by atoms with van der Waals surface area (Å²) in [5.41, 5.74) is 0.117. The van der Waals surface area contributed by atoms with Crippen LogP contribution < -0.4 is 5.32 Å². The van der Waals surface area contributed by atoms with E-state index in [4.69, 9.17) is 0 Å². The van der Waals surface area contributed by atoms with E-state index in [9.17, 15) is 0 Å². The van der Waals surface area contributed by atoms with Gasteiger partial charge in [0, 0.05) is 5.54 Å². The summed E-state index contributed by atoms with van der Waals surface area (Å²) in [6.45, 7) is 9.57. The summed E-state index contributed by atoms with van der Waals surface area (Å²) >= 11 is 0. The number of nitrogens with zero attached hydrogens (tertiary/aromatic N) is 3. The maximum absolute atomic E-state index is 4.61. The highest BCUT2D eigenvalue weighted by molar-refractivity contribution is 4.86. The maximum atomic E-state index is 4.61. The van der Waals surface area contributed by atoms with Crippen molar-refractivity contribution in [3.05, 3.63) is 12.2 Å². The third-order valence-electron chi connectivity index (χ3n) is 3.69. The molecule has 18 heavy (non-hydrogen) atoms. The zero-order valence-electron chi connectivity index (χ0n) is 12.1. The highest BCUT2D eigenvalue weighted by Gasteiger charge is 2.20. The van der Waals surface area contributed by atoms with E-state index in [-0.39, 0.29) is 5.54 Å². The van der Waals surface area contributed by atoms with Crippen LogP contribution in [0.2, 0.25) is 0 Å². The highest BCUT2D eigenvalue weighted by atomic mass is 15.3. The SMILES string of the molecule is CC1CCC(n2cnc(CNC(C)(C)C)n2)CC1. The summed E-state index contributed by atoms with van der Waals surface area (Å²) in [5.74, 6) is 1.79. The topological polar surface area (TPSA) is 42.7 Å². The van der Waals surface area contributed by atoms with Crippen molar-refractivity contribution in [2.24, 2.45) is 5.92 Å². The van der Waals surface area contributed by atoms with Gasteiger partial charge in [-0.2, -0.15) is 5.10 Å². The third kappa shape index (κ3) is 3.80. The molecule has 1 aromatic rings. The van der Waals surface area contributed by atoms with Crippen LogP contribution in [-0.4, -0.2) is 20.3 Å². The van der Waals surface area contributed by atoms with E-state index < -0.39 is 0 Å². The second-order valence-electron chi connectivity index (χ2n) is 6.66. The Morgan fingerprint density at radius 3 is 2.56 bits per heavy atom. The van der Waals surface area contributed by atoms with Crippen LogP contribution in [0.1, 0.15) is 65.2 Å². The molecule has 102 valence electrons. The van der Waals surface area contributed by atoms with Crippen molar-refractivity contribution in [1.82, 2.24) is 20.1 Å². The molecule has 0 radical (unpaired) electrons. The molecular weight excluding hydrogens is 224 g/mol. The normalized spacial score (nSPS) is 25.3. The Bertz CT molecular complexity index is 369. The summed E-state index contributed by atoms with van der Waals surface area (Å²) in [6, 6.07) is 0.567. The average Bonchev–Trinajstić information content (AvgIpc) is 2.75. The second-order valence-corrected chi connectivity index (χ2v) is 6.66. The zero-order chi connectivity index (χ0) is 13.2. The molecule has 1 aliphatic rings. The van der Waals surface area contributed by atoms with Gasteiger partial charge in [0.15, 0.2) is 5.82 Å². The van der Waals surface area contributed by atoms with Gasteiger partial charge in [0.2, 0.25) is 0 Å². The Labute approximate surface area is 110 Å². The van der Waals surface area contributed by atoms with Crippen molar-refractivity contribution >= 4 is 0 Å². The Morgan fingerprint density at radius 2 is 1.94 bits per heavy atom. The molecule has 4 heteroatoms.